The minimum absolute atomic E-state index is 0.0712. The summed E-state index contributed by atoms with van der Waals surface area (Å²) in [7, 11) is 1.52. The molecule has 1 heterocycles. The number of fused-ring (bicyclic) bond motifs is 1. The van der Waals surface area contributed by atoms with E-state index in [1.54, 1.807) is 12.1 Å². The van der Waals surface area contributed by atoms with Crippen molar-refractivity contribution in [1.29, 1.82) is 0 Å². The van der Waals surface area contributed by atoms with Crippen molar-refractivity contribution in [2.24, 2.45) is 0 Å². The fourth-order valence-electron chi connectivity index (χ4n) is 1.38. The molecule has 5 heteroatoms. The lowest BCUT2D eigenvalue weighted by Gasteiger charge is -2.10. The molecule has 1 aliphatic rings. The molecule has 0 atom stereocenters. The van der Waals surface area contributed by atoms with Gasteiger partial charge < -0.3 is 14.8 Å². The van der Waals surface area contributed by atoms with Gasteiger partial charge in [0.15, 0.2) is 0 Å². The maximum atomic E-state index is 11.3. The van der Waals surface area contributed by atoms with Gasteiger partial charge in [-0.05, 0) is 0 Å². The Hall–Kier alpha value is -1.42. The van der Waals surface area contributed by atoms with Crippen LogP contribution in [0.15, 0.2) is 12.1 Å². The first-order valence-electron chi connectivity index (χ1n) is 4.51. The topological polar surface area (TPSA) is 47.6 Å². The second-order valence-corrected chi connectivity index (χ2v) is 3.54. The van der Waals surface area contributed by atoms with Crippen molar-refractivity contribution in [1.82, 2.24) is 0 Å². The number of ether oxygens (including phenoxy) is 2. The summed E-state index contributed by atoms with van der Waals surface area (Å²) in [5.41, 5.74) is 0.596. The number of amides is 1. The first-order chi connectivity index (χ1) is 7.20. The van der Waals surface area contributed by atoms with Crippen molar-refractivity contribution < 1.29 is 14.3 Å². The van der Waals surface area contributed by atoms with Crippen molar-refractivity contribution in [2.45, 2.75) is 6.42 Å². The van der Waals surface area contributed by atoms with Gasteiger partial charge in [0.1, 0.15) is 11.5 Å². The summed E-state index contributed by atoms with van der Waals surface area (Å²) >= 11 is 5.93. The fraction of sp³-hybridized carbons (Fsp3) is 0.300. The average molecular weight is 228 g/mol. The molecular weight excluding hydrogens is 218 g/mol. The number of hydrogen-bond donors (Lipinski definition) is 1. The molecule has 1 aromatic rings. The van der Waals surface area contributed by atoms with E-state index in [9.17, 15) is 4.79 Å². The summed E-state index contributed by atoms with van der Waals surface area (Å²) < 4.78 is 10.4. The molecule has 4 nitrogen and oxygen atoms in total. The van der Waals surface area contributed by atoms with Crippen LogP contribution in [0.25, 0.3) is 0 Å². The quantitative estimate of drug-likeness (QED) is 0.799. The standard InChI is InChI=1S/C10H10ClNO3/c1-14-8-5-7-9(4-6(8)11)15-3-2-10(13)12-7/h4-5H,2-3H2,1H3,(H,12,13). The van der Waals surface area contributed by atoms with E-state index in [2.05, 4.69) is 5.32 Å². The molecule has 1 amide bonds. The van der Waals surface area contributed by atoms with Crippen molar-refractivity contribution in [3.63, 3.8) is 0 Å². The predicted octanol–water partition coefficient (Wildman–Crippen LogP) is 2.07. The van der Waals surface area contributed by atoms with Gasteiger partial charge in [0.05, 0.1) is 30.8 Å². The molecule has 0 bridgehead atoms. The van der Waals surface area contributed by atoms with Crippen LogP contribution < -0.4 is 14.8 Å². The molecule has 0 fully saturated rings. The van der Waals surface area contributed by atoms with Gasteiger partial charge in [-0.25, -0.2) is 0 Å². The molecule has 1 aliphatic heterocycles. The third-order valence-electron chi connectivity index (χ3n) is 2.11. The van der Waals surface area contributed by atoms with Gasteiger partial charge in [-0.15, -0.1) is 0 Å². The van der Waals surface area contributed by atoms with Crippen molar-refractivity contribution >= 4 is 23.2 Å². The number of rotatable bonds is 1. The number of halogens is 1. The number of methoxy groups -OCH3 is 1. The zero-order chi connectivity index (χ0) is 10.8. The molecule has 0 aliphatic carbocycles. The Morgan fingerprint density at radius 3 is 3.07 bits per heavy atom. The van der Waals surface area contributed by atoms with Gasteiger partial charge in [-0.3, -0.25) is 4.79 Å². The number of hydrogen-bond acceptors (Lipinski definition) is 3. The number of anilines is 1. The summed E-state index contributed by atoms with van der Waals surface area (Å²) in [6.45, 7) is 0.363. The second-order valence-electron chi connectivity index (χ2n) is 3.13. The van der Waals surface area contributed by atoms with E-state index in [1.807, 2.05) is 0 Å². The van der Waals surface area contributed by atoms with Gasteiger partial charge in [-0.1, -0.05) is 11.6 Å². The van der Waals surface area contributed by atoms with Gasteiger partial charge in [-0.2, -0.15) is 0 Å². The monoisotopic (exact) mass is 227 g/mol. The Morgan fingerprint density at radius 2 is 2.33 bits per heavy atom. The van der Waals surface area contributed by atoms with Gasteiger partial charge in [0, 0.05) is 12.1 Å². The lowest BCUT2D eigenvalue weighted by molar-refractivity contribution is -0.116. The van der Waals surface area contributed by atoms with Crippen LogP contribution >= 0.6 is 11.6 Å². The summed E-state index contributed by atoms with van der Waals surface area (Å²) in [5.74, 6) is 1.02. The van der Waals surface area contributed by atoms with E-state index in [0.29, 0.717) is 35.2 Å². The van der Waals surface area contributed by atoms with E-state index >= 15 is 0 Å². The molecule has 0 radical (unpaired) electrons. The molecule has 0 aromatic heterocycles. The smallest absolute Gasteiger partial charge is 0.227 e. The minimum Gasteiger partial charge on any atom is -0.495 e. The van der Waals surface area contributed by atoms with Crippen LogP contribution in [0.4, 0.5) is 5.69 Å². The van der Waals surface area contributed by atoms with E-state index in [4.69, 9.17) is 21.1 Å². The van der Waals surface area contributed by atoms with Crippen LogP contribution in [-0.2, 0) is 4.79 Å². The summed E-state index contributed by atoms with van der Waals surface area (Å²) in [6.07, 6.45) is 0.342. The first kappa shape index (κ1) is 10.1. The lowest BCUT2D eigenvalue weighted by Crippen LogP contribution is -2.10. The first-order valence-corrected chi connectivity index (χ1v) is 4.88. The maximum absolute atomic E-state index is 11.3. The highest BCUT2D eigenvalue weighted by atomic mass is 35.5. The van der Waals surface area contributed by atoms with Crippen molar-refractivity contribution in [3.8, 4) is 11.5 Å². The van der Waals surface area contributed by atoms with Crippen molar-refractivity contribution in [3.05, 3.63) is 17.2 Å². The summed E-state index contributed by atoms with van der Waals surface area (Å²) in [4.78, 5) is 11.3. The summed E-state index contributed by atoms with van der Waals surface area (Å²) in [6, 6.07) is 3.29. The van der Waals surface area contributed by atoms with Gasteiger partial charge in [0.25, 0.3) is 0 Å². The number of carbonyl (C=O) groups excluding carboxylic acids is 1. The third kappa shape index (κ3) is 1.99. The van der Waals surface area contributed by atoms with Crippen molar-refractivity contribution in [2.75, 3.05) is 19.0 Å². The molecule has 1 aromatic carbocycles. The van der Waals surface area contributed by atoms with E-state index in [0.717, 1.165) is 0 Å². The maximum Gasteiger partial charge on any atom is 0.227 e. The molecule has 0 spiro atoms. The highest BCUT2D eigenvalue weighted by molar-refractivity contribution is 6.32. The summed E-state index contributed by atoms with van der Waals surface area (Å²) in [5, 5.41) is 3.19. The van der Waals surface area contributed by atoms with E-state index in [1.165, 1.54) is 7.11 Å². The second kappa shape index (κ2) is 3.98. The Balaban J connectivity index is 2.44. The Labute approximate surface area is 92.1 Å². The van der Waals surface area contributed by atoms with Crippen LogP contribution in [0.3, 0.4) is 0 Å². The minimum atomic E-state index is -0.0712. The molecule has 0 saturated heterocycles. The highest BCUT2D eigenvalue weighted by Crippen LogP contribution is 2.36. The zero-order valence-electron chi connectivity index (χ0n) is 8.17. The zero-order valence-corrected chi connectivity index (χ0v) is 8.93. The molecule has 0 saturated carbocycles. The van der Waals surface area contributed by atoms with Crippen LogP contribution in [0.1, 0.15) is 6.42 Å². The van der Waals surface area contributed by atoms with Crippen LogP contribution in [-0.4, -0.2) is 19.6 Å². The van der Waals surface area contributed by atoms with E-state index in [-0.39, 0.29) is 5.91 Å². The molecule has 1 N–H and O–H groups in total. The van der Waals surface area contributed by atoms with Crippen LogP contribution in [0, 0.1) is 0 Å². The predicted molar refractivity (Wildman–Crippen MR) is 56.7 cm³/mol. The molecule has 0 unspecified atom stereocenters. The largest absolute Gasteiger partial charge is 0.495 e. The molecular formula is C10H10ClNO3. The highest BCUT2D eigenvalue weighted by Gasteiger charge is 2.16. The normalized spacial score (nSPS) is 14.7. The molecule has 80 valence electrons. The van der Waals surface area contributed by atoms with E-state index < -0.39 is 0 Å². The number of carbonyl (C=O) groups is 1. The lowest BCUT2D eigenvalue weighted by atomic mass is 10.2. The molecule has 2 rings (SSSR count). The van der Waals surface area contributed by atoms with Crippen LogP contribution in [0.2, 0.25) is 5.02 Å². The number of benzene rings is 1. The van der Waals surface area contributed by atoms with Gasteiger partial charge >= 0.3 is 0 Å². The Morgan fingerprint density at radius 1 is 1.53 bits per heavy atom. The van der Waals surface area contributed by atoms with Gasteiger partial charge in [0.2, 0.25) is 5.91 Å². The third-order valence-corrected chi connectivity index (χ3v) is 2.41. The average Bonchev–Trinajstić information content (AvgIpc) is 2.37. The Bertz CT molecular complexity index is 406. The fourth-order valence-corrected chi connectivity index (χ4v) is 1.61. The number of nitrogens with one attached hydrogen (secondary N) is 1. The molecule has 15 heavy (non-hydrogen) atoms. The SMILES string of the molecule is COc1cc2c(cc1Cl)OCCC(=O)N2. The van der Waals surface area contributed by atoms with Crippen LogP contribution in [0.5, 0.6) is 11.5 Å². The Kier molecular flexibility index (Phi) is 2.68.